The number of benzene rings is 1. The van der Waals surface area contributed by atoms with Crippen LogP contribution in [0.1, 0.15) is 16.1 Å². The summed E-state index contributed by atoms with van der Waals surface area (Å²) in [6, 6.07) is 8.98. The Hall–Kier alpha value is -1.68. The first kappa shape index (κ1) is 11.8. The first-order valence-electron chi connectivity index (χ1n) is 5.06. The fourth-order valence-corrected chi connectivity index (χ4v) is 1.54. The van der Waals surface area contributed by atoms with Crippen LogP contribution >= 0.6 is 15.9 Å². The molecule has 0 spiro atoms. The highest BCUT2D eigenvalue weighted by molar-refractivity contribution is 9.10. The van der Waals surface area contributed by atoms with Crippen LogP contribution in [0.15, 0.2) is 47.3 Å². The highest BCUT2D eigenvalue weighted by atomic mass is 79.9. The predicted molar refractivity (Wildman–Crippen MR) is 66.3 cm³/mol. The van der Waals surface area contributed by atoms with Crippen molar-refractivity contribution in [3.8, 4) is 0 Å². The average molecular weight is 290 g/mol. The number of carbonyl (C=O) groups excluding carboxylic acids is 1. The Bertz CT molecular complexity index is 520. The lowest BCUT2D eigenvalue weighted by molar-refractivity contribution is -0.628. The Kier molecular flexibility index (Phi) is 3.54. The zero-order chi connectivity index (χ0) is 12.3. The molecule has 0 fully saturated rings. The zero-order valence-corrected chi connectivity index (χ0v) is 10.8. The fourth-order valence-electron chi connectivity index (χ4n) is 1.27. The normalized spacial score (nSPS) is 10.0. The van der Waals surface area contributed by atoms with Crippen molar-refractivity contribution in [3.05, 3.63) is 65.1 Å². The third kappa shape index (κ3) is 3.14. The number of hydrogen-bond acceptors (Lipinski definition) is 2. The summed E-state index contributed by atoms with van der Waals surface area (Å²) in [6.07, 6.45) is 3.31. The molecule has 0 aliphatic carbocycles. The lowest BCUT2D eigenvalue weighted by atomic mass is 10.1. The van der Waals surface area contributed by atoms with Crippen LogP contribution in [-0.2, 0) is 0 Å². The number of ketones is 1. The molecular formula is C13H10BrN2O. The van der Waals surface area contributed by atoms with Crippen LogP contribution in [0.4, 0.5) is 0 Å². The van der Waals surface area contributed by atoms with Gasteiger partial charge in [-0.05, 0) is 11.6 Å². The molecule has 0 aliphatic rings. The molecule has 1 aromatic carbocycles. The van der Waals surface area contributed by atoms with Gasteiger partial charge in [-0.1, -0.05) is 40.2 Å². The van der Waals surface area contributed by atoms with Gasteiger partial charge in [0.2, 0.25) is 6.33 Å². The minimum atomic E-state index is -0.173. The zero-order valence-electron chi connectivity index (χ0n) is 9.22. The maximum Gasteiger partial charge on any atom is 0.212 e. The Balaban J connectivity index is 2.11. The molecule has 17 heavy (non-hydrogen) atoms. The van der Waals surface area contributed by atoms with Gasteiger partial charge in [-0.2, -0.15) is 0 Å². The molecule has 0 bridgehead atoms. The largest absolute Gasteiger partial charge is 0.324 e. The molecule has 0 unspecified atom stereocenters. The summed E-state index contributed by atoms with van der Waals surface area (Å²) < 4.78 is 2.47. The fraction of sp³-hybridized carbons (Fsp3) is 0.0769. The van der Waals surface area contributed by atoms with E-state index in [1.54, 1.807) is 24.7 Å². The van der Waals surface area contributed by atoms with E-state index in [1.165, 1.54) is 4.57 Å². The quantitative estimate of drug-likeness (QED) is 0.493. The molecule has 3 nitrogen and oxygen atoms in total. The summed E-state index contributed by atoms with van der Waals surface area (Å²) in [5, 5.41) is 0. The second-order valence-corrected chi connectivity index (χ2v) is 4.47. The van der Waals surface area contributed by atoms with Crippen molar-refractivity contribution in [2.24, 2.45) is 0 Å². The molecule has 4 heteroatoms. The van der Waals surface area contributed by atoms with Gasteiger partial charge in [-0.3, -0.25) is 0 Å². The monoisotopic (exact) mass is 289 g/mol. The molecule has 85 valence electrons. The van der Waals surface area contributed by atoms with Crippen molar-refractivity contribution in [1.29, 1.82) is 0 Å². The molecular weight excluding hydrogens is 280 g/mol. The van der Waals surface area contributed by atoms with Crippen LogP contribution in [0.2, 0.25) is 0 Å². The first-order chi connectivity index (χ1) is 8.15. The number of nitrogens with zero attached hydrogens (tertiary/aromatic N) is 2. The smallest absolute Gasteiger partial charge is 0.212 e. The van der Waals surface area contributed by atoms with Gasteiger partial charge >= 0.3 is 0 Å². The Labute approximate surface area is 108 Å². The van der Waals surface area contributed by atoms with E-state index in [0.717, 1.165) is 10.2 Å². The van der Waals surface area contributed by atoms with E-state index in [0.29, 0.717) is 5.56 Å². The van der Waals surface area contributed by atoms with Gasteiger partial charge in [-0.25, -0.2) is 0 Å². The second-order valence-electron chi connectivity index (χ2n) is 3.56. The van der Waals surface area contributed by atoms with Crippen LogP contribution in [-0.4, -0.2) is 10.8 Å². The van der Waals surface area contributed by atoms with Crippen LogP contribution < -0.4 is 4.57 Å². The Morgan fingerprint density at radius 2 is 2.00 bits per heavy atom. The van der Waals surface area contributed by atoms with E-state index >= 15 is 0 Å². The van der Waals surface area contributed by atoms with Gasteiger partial charge in [0, 0.05) is 17.6 Å². The molecule has 2 aromatic rings. The number of aryl methyl sites for hydroxylation is 1. The molecule has 0 amide bonds. The van der Waals surface area contributed by atoms with Crippen molar-refractivity contribution >= 4 is 21.7 Å². The van der Waals surface area contributed by atoms with Gasteiger partial charge in [0.25, 0.3) is 0 Å². The molecule has 0 atom stereocenters. The standard InChI is InChI=1S/C13H10BrN2O/c1-10-6-7-16(9-15-10)8-13(17)11-2-4-12(14)5-3-11/h2-7,9H,1H3. The number of Topliss-reactive ketones (excluding diaryl/α,β-unsaturated/α-hetero) is 1. The van der Waals surface area contributed by atoms with E-state index < -0.39 is 0 Å². The van der Waals surface area contributed by atoms with Gasteiger partial charge in [0.1, 0.15) is 11.5 Å². The van der Waals surface area contributed by atoms with E-state index in [-0.39, 0.29) is 5.78 Å². The SMILES string of the molecule is Cc1cc[n+]([C-]C(=O)c2ccc(Br)cc2)cn1. The van der Waals surface area contributed by atoms with Crippen molar-refractivity contribution in [2.75, 3.05) is 0 Å². The minimum absolute atomic E-state index is 0.173. The van der Waals surface area contributed by atoms with Crippen LogP contribution in [0.25, 0.3) is 0 Å². The lowest BCUT2D eigenvalue weighted by Gasteiger charge is -2.05. The first-order valence-corrected chi connectivity index (χ1v) is 5.85. The topological polar surface area (TPSA) is 33.8 Å². The maximum atomic E-state index is 11.8. The number of hydrogen-bond donors (Lipinski definition) is 0. The number of aromatic nitrogens is 2. The van der Waals surface area contributed by atoms with Gasteiger partial charge in [0.05, 0.1) is 6.54 Å². The molecule has 2 rings (SSSR count). The molecule has 0 saturated carbocycles. The summed E-state index contributed by atoms with van der Waals surface area (Å²) in [4.78, 5) is 15.9. The molecule has 0 saturated heterocycles. The van der Waals surface area contributed by atoms with E-state index in [2.05, 4.69) is 27.5 Å². The van der Waals surface area contributed by atoms with E-state index in [9.17, 15) is 4.79 Å². The maximum absolute atomic E-state index is 11.8. The predicted octanol–water partition coefficient (Wildman–Crippen LogP) is 2.21. The lowest BCUT2D eigenvalue weighted by Crippen LogP contribution is -2.35. The van der Waals surface area contributed by atoms with E-state index in [1.807, 2.05) is 25.1 Å². The number of carbonyl (C=O) groups is 1. The van der Waals surface area contributed by atoms with E-state index in [4.69, 9.17) is 0 Å². The van der Waals surface area contributed by atoms with Gasteiger partial charge < -0.3 is 9.36 Å². The summed E-state index contributed by atoms with van der Waals surface area (Å²) >= 11 is 3.32. The number of halogens is 1. The molecule has 1 radical (unpaired) electrons. The van der Waals surface area contributed by atoms with Crippen molar-refractivity contribution < 1.29 is 9.36 Å². The summed E-state index contributed by atoms with van der Waals surface area (Å²) in [6.45, 7) is 4.59. The van der Waals surface area contributed by atoms with Crippen molar-refractivity contribution in [1.82, 2.24) is 4.98 Å². The highest BCUT2D eigenvalue weighted by Crippen LogP contribution is 2.11. The Morgan fingerprint density at radius 3 is 2.59 bits per heavy atom. The summed E-state index contributed by atoms with van der Waals surface area (Å²) in [5.41, 5.74) is 1.50. The third-order valence-corrected chi connectivity index (χ3v) is 2.73. The van der Waals surface area contributed by atoms with Gasteiger partial charge in [0.15, 0.2) is 0 Å². The summed E-state index contributed by atoms with van der Waals surface area (Å²) in [5.74, 6) is -0.173. The van der Waals surface area contributed by atoms with Crippen LogP contribution in [0.5, 0.6) is 0 Å². The van der Waals surface area contributed by atoms with Crippen LogP contribution in [0, 0.1) is 13.5 Å². The molecule has 1 heterocycles. The molecule has 0 aliphatic heterocycles. The Morgan fingerprint density at radius 1 is 1.29 bits per heavy atom. The highest BCUT2D eigenvalue weighted by Gasteiger charge is 2.04. The summed E-state index contributed by atoms with van der Waals surface area (Å²) in [7, 11) is 0. The van der Waals surface area contributed by atoms with Crippen molar-refractivity contribution in [2.45, 2.75) is 6.92 Å². The minimum Gasteiger partial charge on any atom is -0.324 e. The molecule has 0 N–H and O–H groups in total. The molecule has 1 aromatic heterocycles. The third-order valence-electron chi connectivity index (χ3n) is 2.20. The van der Waals surface area contributed by atoms with Crippen molar-refractivity contribution in [3.63, 3.8) is 0 Å². The van der Waals surface area contributed by atoms with Crippen LogP contribution in [0.3, 0.4) is 0 Å². The number of rotatable bonds is 3. The second kappa shape index (κ2) is 5.10. The van der Waals surface area contributed by atoms with Gasteiger partial charge in [-0.15, -0.1) is 4.98 Å². The average Bonchev–Trinajstić information content (AvgIpc) is 2.33.